The molecule has 2 heterocycles. The minimum atomic E-state index is -2.00. The van der Waals surface area contributed by atoms with Crippen LogP contribution in [0, 0.1) is 0 Å². The summed E-state index contributed by atoms with van der Waals surface area (Å²) in [5.41, 5.74) is 2.97. The van der Waals surface area contributed by atoms with Crippen LogP contribution in [0.5, 0.6) is 0 Å². The van der Waals surface area contributed by atoms with Crippen LogP contribution in [0.4, 0.5) is 0 Å². The first-order valence-corrected chi connectivity index (χ1v) is 12.1. The topological polar surface area (TPSA) is 64.2 Å². The molecule has 0 aliphatic rings. The van der Waals surface area contributed by atoms with E-state index in [1.807, 2.05) is 31.2 Å². The van der Waals surface area contributed by atoms with Crippen LogP contribution in [0.3, 0.4) is 0 Å². The van der Waals surface area contributed by atoms with Crippen molar-refractivity contribution in [1.29, 1.82) is 0 Å². The molecule has 0 bridgehead atoms. The lowest BCUT2D eigenvalue weighted by atomic mass is 10.1. The van der Waals surface area contributed by atoms with Gasteiger partial charge >= 0.3 is 5.97 Å². The summed E-state index contributed by atoms with van der Waals surface area (Å²) in [6, 6.07) is 9.84. The van der Waals surface area contributed by atoms with Crippen LogP contribution in [0.2, 0.25) is 18.1 Å². The molecule has 27 heavy (non-hydrogen) atoms. The molecular formula is C21H28N2O3Si. The number of H-pyrrole nitrogens is 1. The molecule has 3 aromatic rings. The maximum atomic E-state index is 12.2. The summed E-state index contributed by atoms with van der Waals surface area (Å²) in [5.74, 6) is -0.442. The van der Waals surface area contributed by atoms with Gasteiger partial charge in [-0.15, -0.1) is 0 Å². The van der Waals surface area contributed by atoms with Gasteiger partial charge in [0.25, 0.3) is 0 Å². The summed E-state index contributed by atoms with van der Waals surface area (Å²) in [6.45, 7) is 13.1. The average molecular weight is 385 g/mol. The molecule has 0 radical (unpaired) electrons. The number of carbonyl (C=O) groups is 1. The Balaban J connectivity index is 2.19. The van der Waals surface area contributed by atoms with Gasteiger partial charge in [-0.2, -0.15) is 0 Å². The van der Waals surface area contributed by atoms with E-state index in [1.165, 1.54) is 7.11 Å². The predicted octanol–water partition coefficient (Wildman–Crippen LogP) is 5.59. The van der Waals surface area contributed by atoms with Gasteiger partial charge in [-0.25, -0.2) is 9.78 Å². The van der Waals surface area contributed by atoms with Crippen LogP contribution in [-0.2, 0) is 9.16 Å². The van der Waals surface area contributed by atoms with Crippen molar-refractivity contribution in [3.8, 4) is 0 Å². The number of methoxy groups -OCH3 is 1. The van der Waals surface area contributed by atoms with Crippen molar-refractivity contribution in [1.82, 2.24) is 9.97 Å². The van der Waals surface area contributed by atoms with E-state index in [2.05, 4.69) is 43.8 Å². The fourth-order valence-corrected chi connectivity index (χ4v) is 4.40. The summed E-state index contributed by atoms with van der Waals surface area (Å²) < 4.78 is 11.5. The fraction of sp³-hybridized carbons (Fsp3) is 0.429. The summed E-state index contributed by atoms with van der Waals surface area (Å²) in [6.07, 6.45) is -0.244. The Kier molecular flexibility index (Phi) is 4.90. The van der Waals surface area contributed by atoms with E-state index < -0.39 is 14.3 Å². The molecule has 0 fully saturated rings. The second kappa shape index (κ2) is 6.76. The third-order valence-corrected chi connectivity index (χ3v) is 10.1. The Morgan fingerprint density at radius 3 is 2.48 bits per heavy atom. The lowest BCUT2D eigenvalue weighted by Crippen LogP contribution is -2.41. The molecule has 0 aliphatic carbocycles. The van der Waals surface area contributed by atoms with E-state index in [4.69, 9.17) is 9.16 Å². The minimum Gasteiger partial charge on any atom is -0.464 e. The summed E-state index contributed by atoms with van der Waals surface area (Å²) >= 11 is 0. The molecule has 1 aromatic carbocycles. The van der Waals surface area contributed by atoms with Crippen LogP contribution in [-0.4, -0.2) is 31.4 Å². The third-order valence-electron chi connectivity index (χ3n) is 5.58. The summed E-state index contributed by atoms with van der Waals surface area (Å²) in [7, 11) is -0.626. The molecule has 0 saturated carbocycles. The predicted molar refractivity (Wildman–Crippen MR) is 112 cm³/mol. The minimum absolute atomic E-state index is 0.0841. The number of nitrogens with zero attached hydrogens (tertiary/aromatic N) is 1. The molecule has 1 N–H and O–H groups in total. The Morgan fingerprint density at radius 2 is 1.85 bits per heavy atom. The Labute approximate surface area is 161 Å². The van der Waals surface area contributed by atoms with Crippen LogP contribution < -0.4 is 0 Å². The number of hydrogen-bond acceptors (Lipinski definition) is 4. The van der Waals surface area contributed by atoms with Gasteiger partial charge < -0.3 is 14.1 Å². The van der Waals surface area contributed by atoms with E-state index in [-0.39, 0.29) is 11.1 Å². The average Bonchev–Trinajstić information content (AvgIpc) is 2.97. The first-order chi connectivity index (χ1) is 12.5. The molecule has 1 atom stereocenters. The first kappa shape index (κ1) is 19.6. The van der Waals surface area contributed by atoms with Gasteiger partial charge in [-0.05, 0) is 37.2 Å². The maximum absolute atomic E-state index is 12.2. The van der Waals surface area contributed by atoms with Crippen molar-refractivity contribution in [3.63, 3.8) is 0 Å². The van der Waals surface area contributed by atoms with Crippen molar-refractivity contribution < 1.29 is 14.0 Å². The number of carbonyl (C=O) groups excluding carboxylic acids is 1. The zero-order valence-electron chi connectivity index (χ0n) is 17.1. The zero-order chi connectivity index (χ0) is 20.0. The molecule has 144 valence electrons. The molecule has 0 saturated heterocycles. The Morgan fingerprint density at radius 1 is 1.19 bits per heavy atom. The molecule has 2 aromatic heterocycles. The number of ether oxygens (including phenoxy) is 1. The largest absolute Gasteiger partial charge is 0.464 e. The van der Waals surface area contributed by atoms with Crippen LogP contribution >= 0.6 is 0 Å². The normalized spacial score (nSPS) is 13.9. The SMILES string of the molecule is COC(=O)c1cc2c([nH]c3ccccc32)c([C@H](C)O[Si](C)(C)C(C)(C)C)n1. The van der Waals surface area contributed by atoms with Gasteiger partial charge in [-0.1, -0.05) is 39.0 Å². The van der Waals surface area contributed by atoms with Gasteiger partial charge in [0.1, 0.15) is 5.69 Å². The number of pyridine rings is 1. The molecule has 6 heteroatoms. The number of para-hydroxylation sites is 1. The number of esters is 1. The monoisotopic (exact) mass is 384 g/mol. The van der Waals surface area contributed by atoms with Gasteiger partial charge in [-0.3, -0.25) is 0 Å². The molecule has 0 spiro atoms. The molecule has 3 rings (SSSR count). The lowest BCUT2D eigenvalue weighted by Gasteiger charge is -2.38. The smallest absolute Gasteiger partial charge is 0.356 e. The molecule has 5 nitrogen and oxygen atoms in total. The van der Waals surface area contributed by atoms with Gasteiger partial charge in [0, 0.05) is 16.3 Å². The first-order valence-electron chi connectivity index (χ1n) is 9.22. The summed E-state index contributed by atoms with van der Waals surface area (Å²) in [5, 5.41) is 2.10. The number of nitrogens with one attached hydrogen (secondary N) is 1. The van der Waals surface area contributed by atoms with Gasteiger partial charge in [0.15, 0.2) is 8.32 Å². The number of fused-ring (bicyclic) bond motifs is 3. The van der Waals surface area contributed by atoms with Crippen molar-refractivity contribution >= 4 is 36.1 Å². The zero-order valence-corrected chi connectivity index (χ0v) is 18.1. The maximum Gasteiger partial charge on any atom is 0.356 e. The van der Waals surface area contributed by atoms with Crippen molar-refractivity contribution in [2.75, 3.05) is 7.11 Å². The van der Waals surface area contributed by atoms with Crippen LogP contribution in [0.25, 0.3) is 21.8 Å². The molecule has 0 aliphatic heterocycles. The number of benzene rings is 1. The lowest BCUT2D eigenvalue weighted by molar-refractivity contribution is 0.0593. The number of aromatic amines is 1. The molecule has 0 amide bonds. The van der Waals surface area contributed by atoms with Crippen molar-refractivity contribution in [3.05, 3.63) is 41.7 Å². The van der Waals surface area contributed by atoms with Gasteiger partial charge in [0.05, 0.1) is 24.4 Å². The van der Waals surface area contributed by atoms with E-state index >= 15 is 0 Å². The highest BCUT2D eigenvalue weighted by Gasteiger charge is 2.39. The molecular weight excluding hydrogens is 356 g/mol. The third kappa shape index (κ3) is 3.51. The van der Waals surface area contributed by atoms with E-state index in [0.29, 0.717) is 5.69 Å². The van der Waals surface area contributed by atoms with E-state index in [1.54, 1.807) is 6.07 Å². The highest BCUT2D eigenvalue weighted by Crippen LogP contribution is 2.40. The van der Waals surface area contributed by atoms with E-state index in [0.717, 1.165) is 27.5 Å². The Hall–Kier alpha value is -2.18. The fourth-order valence-electron chi connectivity index (χ4n) is 3.05. The highest BCUT2D eigenvalue weighted by atomic mass is 28.4. The highest BCUT2D eigenvalue weighted by molar-refractivity contribution is 6.74. The molecule has 0 unspecified atom stereocenters. The second-order valence-corrected chi connectivity index (χ2v) is 13.3. The van der Waals surface area contributed by atoms with E-state index in [9.17, 15) is 4.79 Å². The standard InChI is InChI=1S/C21H28N2O3Si/c1-13(26-27(6,7)21(2,3)4)18-19-15(12-17(23-18)20(24)25-5)14-10-8-9-11-16(14)22-19/h8-13,22H,1-7H3/t13-/m0/s1. The quantitative estimate of drug-likeness (QED) is 0.471. The second-order valence-electron chi connectivity index (χ2n) is 8.50. The van der Waals surface area contributed by atoms with Crippen LogP contribution in [0.1, 0.15) is 50.0 Å². The number of aromatic nitrogens is 2. The number of rotatable bonds is 4. The Bertz CT molecular complexity index is 1000. The number of hydrogen-bond donors (Lipinski definition) is 1. The van der Waals surface area contributed by atoms with Gasteiger partial charge in [0.2, 0.25) is 0 Å². The summed E-state index contributed by atoms with van der Waals surface area (Å²) in [4.78, 5) is 20.3. The van der Waals surface area contributed by atoms with Crippen LogP contribution in [0.15, 0.2) is 30.3 Å². The van der Waals surface area contributed by atoms with Crippen molar-refractivity contribution in [2.24, 2.45) is 0 Å². The van der Waals surface area contributed by atoms with Crippen molar-refractivity contribution in [2.45, 2.75) is 51.9 Å².